The molecule has 7 nitrogen and oxygen atoms in total. The summed E-state index contributed by atoms with van der Waals surface area (Å²) in [4.78, 5) is 25.0. The number of hydrogen-bond donors (Lipinski definition) is 1. The molecule has 3 atom stereocenters. The van der Waals surface area contributed by atoms with E-state index in [1.54, 1.807) is 4.90 Å². The van der Waals surface area contributed by atoms with Gasteiger partial charge in [0.2, 0.25) is 0 Å². The number of likely N-dealkylation sites (tertiary alicyclic amines) is 1. The van der Waals surface area contributed by atoms with Crippen LogP contribution in [0.1, 0.15) is 23.2 Å². The molecule has 1 amide bonds. The first-order valence-corrected chi connectivity index (χ1v) is 7.38. The van der Waals surface area contributed by atoms with Crippen molar-refractivity contribution >= 4 is 11.6 Å². The van der Waals surface area contributed by atoms with Crippen LogP contribution >= 0.6 is 0 Å². The summed E-state index contributed by atoms with van der Waals surface area (Å²) in [6.07, 6.45) is 2.02. The summed E-state index contributed by atoms with van der Waals surface area (Å²) in [6.45, 7) is 1.21. The average Bonchev–Trinajstić information content (AvgIpc) is 3.08. The molecule has 3 unspecified atom stereocenters. The maximum atomic E-state index is 12.7. The topological polar surface area (TPSA) is 98.7 Å². The van der Waals surface area contributed by atoms with Gasteiger partial charge in [0.15, 0.2) is 0 Å². The number of benzene rings is 1. The molecule has 7 heteroatoms. The number of nitrogens with two attached hydrogens (primary N) is 1. The van der Waals surface area contributed by atoms with Crippen LogP contribution in [0.15, 0.2) is 18.2 Å². The SMILES string of the molecule is COc1ccc([N+](=O)[O-])c(C(=O)N2CC3CCC(N)C3C2)c1. The molecule has 0 radical (unpaired) electrons. The van der Waals surface area contributed by atoms with Gasteiger partial charge < -0.3 is 15.4 Å². The summed E-state index contributed by atoms with van der Waals surface area (Å²) in [5.74, 6) is 0.856. The fourth-order valence-corrected chi connectivity index (χ4v) is 3.62. The van der Waals surface area contributed by atoms with E-state index in [-0.39, 0.29) is 23.2 Å². The third-order valence-electron chi connectivity index (χ3n) is 4.83. The molecule has 0 aromatic heterocycles. The van der Waals surface area contributed by atoms with E-state index in [1.165, 1.54) is 25.3 Å². The van der Waals surface area contributed by atoms with Crippen LogP contribution < -0.4 is 10.5 Å². The summed E-state index contributed by atoms with van der Waals surface area (Å²) in [5, 5.41) is 11.2. The van der Waals surface area contributed by atoms with Gasteiger partial charge in [-0.05, 0) is 36.8 Å². The first-order chi connectivity index (χ1) is 10.5. The molecule has 1 aromatic carbocycles. The van der Waals surface area contributed by atoms with Crippen molar-refractivity contribution in [2.75, 3.05) is 20.2 Å². The molecule has 1 heterocycles. The van der Waals surface area contributed by atoms with Gasteiger partial charge in [0.25, 0.3) is 11.6 Å². The predicted molar refractivity (Wildman–Crippen MR) is 79.7 cm³/mol. The molecule has 2 fully saturated rings. The normalized spacial score (nSPS) is 26.8. The number of nitro benzene ring substituents is 1. The smallest absolute Gasteiger partial charge is 0.282 e. The Morgan fingerprint density at radius 3 is 2.82 bits per heavy atom. The number of nitro groups is 1. The number of amides is 1. The zero-order valence-electron chi connectivity index (χ0n) is 12.4. The van der Waals surface area contributed by atoms with Gasteiger partial charge in [-0.15, -0.1) is 0 Å². The number of hydrogen-bond acceptors (Lipinski definition) is 5. The lowest BCUT2D eigenvalue weighted by Crippen LogP contribution is -2.33. The van der Waals surface area contributed by atoms with E-state index in [2.05, 4.69) is 0 Å². The summed E-state index contributed by atoms with van der Waals surface area (Å²) < 4.78 is 5.08. The predicted octanol–water partition coefficient (Wildman–Crippen LogP) is 1.41. The summed E-state index contributed by atoms with van der Waals surface area (Å²) >= 11 is 0. The van der Waals surface area contributed by atoms with Gasteiger partial charge in [-0.1, -0.05) is 0 Å². The molecule has 1 saturated heterocycles. The summed E-state index contributed by atoms with van der Waals surface area (Å²) in [5.41, 5.74) is 5.97. The van der Waals surface area contributed by atoms with Crippen LogP contribution in [0, 0.1) is 22.0 Å². The highest BCUT2D eigenvalue weighted by atomic mass is 16.6. The summed E-state index contributed by atoms with van der Waals surface area (Å²) in [7, 11) is 1.47. The van der Waals surface area contributed by atoms with Crippen molar-refractivity contribution in [1.29, 1.82) is 0 Å². The summed E-state index contributed by atoms with van der Waals surface area (Å²) in [6, 6.07) is 4.37. The average molecular weight is 305 g/mol. The van der Waals surface area contributed by atoms with E-state index in [0.29, 0.717) is 30.7 Å². The standard InChI is InChI=1S/C15H19N3O4/c1-22-10-3-5-14(18(20)21)11(6-10)15(19)17-7-9-2-4-13(16)12(9)8-17/h3,5-6,9,12-13H,2,4,7-8,16H2,1H3. The molecule has 1 aliphatic carbocycles. The quantitative estimate of drug-likeness (QED) is 0.672. The Balaban J connectivity index is 1.87. The number of fused-ring (bicyclic) bond motifs is 1. The second kappa shape index (κ2) is 5.57. The monoisotopic (exact) mass is 305 g/mol. The van der Waals surface area contributed by atoms with Crippen molar-refractivity contribution in [3.63, 3.8) is 0 Å². The third-order valence-corrected chi connectivity index (χ3v) is 4.83. The largest absolute Gasteiger partial charge is 0.497 e. The van der Waals surface area contributed by atoms with Crippen molar-refractivity contribution in [2.45, 2.75) is 18.9 Å². The Bertz CT molecular complexity index is 619. The third kappa shape index (κ3) is 2.41. The molecule has 22 heavy (non-hydrogen) atoms. The maximum Gasteiger partial charge on any atom is 0.282 e. The minimum atomic E-state index is -0.532. The lowest BCUT2D eigenvalue weighted by atomic mass is 9.98. The first-order valence-electron chi connectivity index (χ1n) is 7.38. The number of carbonyl (C=O) groups excluding carboxylic acids is 1. The second-order valence-electron chi connectivity index (χ2n) is 6.02. The molecule has 3 rings (SSSR count). The fraction of sp³-hybridized carbons (Fsp3) is 0.533. The van der Waals surface area contributed by atoms with Gasteiger partial charge in [-0.2, -0.15) is 0 Å². The molecule has 0 spiro atoms. The molecular formula is C15H19N3O4. The van der Waals surface area contributed by atoms with Crippen LogP contribution in [-0.4, -0.2) is 42.0 Å². The van der Waals surface area contributed by atoms with Crippen LogP contribution in [0.4, 0.5) is 5.69 Å². The van der Waals surface area contributed by atoms with Crippen molar-refractivity contribution < 1.29 is 14.5 Å². The van der Waals surface area contributed by atoms with Gasteiger partial charge in [-0.25, -0.2) is 0 Å². The number of carbonyl (C=O) groups is 1. The number of ether oxygens (including phenoxy) is 1. The maximum absolute atomic E-state index is 12.7. The highest BCUT2D eigenvalue weighted by Gasteiger charge is 2.43. The minimum Gasteiger partial charge on any atom is -0.497 e. The molecule has 1 saturated carbocycles. The fourth-order valence-electron chi connectivity index (χ4n) is 3.62. The lowest BCUT2D eigenvalue weighted by molar-refractivity contribution is -0.385. The van der Waals surface area contributed by atoms with Gasteiger partial charge in [0.1, 0.15) is 11.3 Å². The van der Waals surface area contributed by atoms with E-state index >= 15 is 0 Å². The minimum absolute atomic E-state index is 0.0814. The molecule has 118 valence electrons. The Kier molecular flexibility index (Phi) is 3.74. The van der Waals surface area contributed by atoms with Crippen LogP contribution in [0.3, 0.4) is 0 Å². The molecule has 0 bridgehead atoms. The first kappa shape index (κ1) is 14.8. The zero-order chi connectivity index (χ0) is 15.9. The van der Waals surface area contributed by atoms with E-state index in [0.717, 1.165) is 12.8 Å². The number of rotatable bonds is 3. The zero-order valence-corrected chi connectivity index (χ0v) is 12.4. The molecule has 1 aliphatic heterocycles. The Morgan fingerprint density at radius 1 is 1.41 bits per heavy atom. The van der Waals surface area contributed by atoms with Gasteiger partial charge in [0, 0.05) is 25.2 Å². The van der Waals surface area contributed by atoms with Crippen molar-refractivity contribution in [3.8, 4) is 5.75 Å². The number of methoxy groups -OCH3 is 1. The molecule has 1 aromatic rings. The van der Waals surface area contributed by atoms with Crippen LogP contribution in [0.2, 0.25) is 0 Å². The van der Waals surface area contributed by atoms with Crippen molar-refractivity contribution in [3.05, 3.63) is 33.9 Å². The molecular weight excluding hydrogens is 286 g/mol. The van der Waals surface area contributed by atoms with Crippen molar-refractivity contribution in [1.82, 2.24) is 4.90 Å². The second-order valence-corrected chi connectivity index (χ2v) is 6.02. The van der Waals surface area contributed by atoms with E-state index in [1.807, 2.05) is 0 Å². The highest BCUT2D eigenvalue weighted by Crippen LogP contribution is 2.38. The Labute approximate surface area is 128 Å². The Hall–Kier alpha value is -2.15. The van der Waals surface area contributed by atoms with E-state index in [9.17, 15) is 14.9 Å². The van der Waals surface area contributed by atoms with E-state index in [4.69, 9.17) is 10.5 Å². The van der Waals surface area contributed by atoms with E-state index < -0.39 is 4.92 Å². The van der Waals surface area contributed by atoms with Gasteiger partial charge >= 0.3 is 0 Å². The van der Waals surface area contributed by atoms with Crippen LogP contribution in [0.25, 0.3) is 0 Å². The lowest BCUT2D eigenvalue weighted by Gasteiger charge is -2.19. The van der Waals surface area contributed by atoms with Crippen molar-refractivity contribution in [2.24, 2.45) is 17.6 Å². The highest BCUT2D eigenvalue weighted by molar-refractivity contribution is 5.98. The van der Waals surface area contributed by atoms with Gasteiger partial charge in [-0.3, -0.25) is 14.9 Å². The Morgan fingerprint density at radius 2 is 2.18 bits per heavy atom. The van der Waals surface area contributed by atoms with Crippen LogP contribution in [-0.2, 0) is 0 Å². The van der Waals surface area contributed by atoms with Crippen LogP contribution in [0.5, 0.6) is 5.75 Å². The molecule has 2 N–H and O–H groups in total. The van der Waals surface area contributed by atoms with Gasteiger partial charge in [0.05, 0.1) is 12.0 Å². The molecule has 2 aliphatic rings. The number of nitrogens with zero attached hydrogens (tertiary/aromatic N) is 2.